The Bertz CT molecular complexity index is 1830. The molecule has 0 radical (unpaired) electrons. The Morgan fingerprint density at radius 3 is 2.80 bits per heavy atom. The van der Waals surface area contributed by atoms with Crippen LogP contribution in [0.5, 0.6) is 5.75 Å². The van der Waals surface area contributed by atoms with Crippen LogP contribution in [0.4, 0.5) is 5.69 Å². The number of methoxy groups -OCH3 is 1. The number of halogens is 1. The van der Waals surface area contributed by atoms with Gasteiger partial charge in [0.05, 0.1) is 24.2 Å². The Labute approximate surface area is 300 Å². The summed E-state index contributed by atoms with van der Waals surface area (Å²) in [6.45, 7) is 4.59. The minimum absolute atomic E-state index is 0.0467. The maximum atomic E-state index is 14.3. The Kier molecular flexibility index (Phi) is 12.0. The highest BCUT2D eigenvalue weighted by Gasteiger charge is 2.38. The molecule has 50 heavy (non-hydrogen) atoms. The second-order valence-corrected chi connectivity index (χ2v) is 16.0. The first kappa shape index (κ1) is 36.1. The monoisotopic (exact) mass is 722 g/mol. The predicted molar refractivity (Wildman–Crippen MR) is 192 cm³/mol. The standard InChI is InChI=1S/C38H48ClN5O5S/c1-3-44-32(19-20-40-44)15-18-37(45)41-50(47)22-8-4-5-10-35(48-2)33-16-12-30(33)26-43-25-29-11-14-31(39)23-27(29)9-6-7-21-49-36-17-13-28(24-34(36)43)38(46)42-50/h5,10-11,13-14,17,19-20,23-24,30,33,35,39H,3-4,6-9,12,15-16,18,21-22,25-26H2,1-2H3/p+1/b10-5+/t30-,33+,35-,50?/m0/s1. The zero-order chi connectivity index (χ0) is 35.1. The molecule has 1 aromatic heterocycles. The molecule has 3 heterocycles. The van der Waals surface area contributed by atoms with E-state index in [1.807, 2.05) is 35.9 Å². The molecule has 3 aliphatic rings. The molecule has 12 heteroatoms. The molecule has 2 aliphatic heterocycles. The number of benzene rings is 2. The average Bonchev–Trinajstić information content (AvgIpc) is 3.54. The lowest BCUT2D eigenvalue weighted by molar-refractivity contribution is -0.289. The van der Waals surface area contributed by atoms with Crippen LogP contribution in [0.1, 0.15) is 79.0 Å². The van der Waals surface area contributed by atoms with Gasteiger partial charge in [-0.1, -0.05) is 18.2 Å². The van der Waals surface area contributed by atoms with E-state index in [1.165, 1.54) is 11.1 Å². The van der Waals surface area contributed by atoms with Crippen LogP contribution in [0, 0.1) is 23.4 Å². The number of nitrogens with one attached hydrogen (secondary N) is 1. The Morgan fingerprint density at radius 1 is 1.12 bits per heavy atom. The lowest BCUT2D eigenvalue weighted by Crippen LogP contribution is -2.43. The molecular weight excluding hydrogens is 674 g/mol. The van der Waals surface area contributed by atoms with Crippen LogP contribution < -0.4 is 14.4 Å². The number of carbonyl (C=O) groups is 2. The number of hydrogen-bond donors (Lipinski definition) is 1. The van der Waals surface area contributed by atoms with Crippen LogP contribution in [0.2, 0.25) is 5.02 Å². The number of ether oxygens (including phenoxy) is 2. The van der Waals surface area contributed by atoms with E-state index in [0.717, 1.165) is 55.1 Å². The summed E-state index contributed by atoms with van der Waals surface area (Å²) < 4.78 is 35.4. The smallest absolute Gasteiger partial charge is 0.286 e. The number of amides is 2. The number of rotatable bonds is 6. The van der Waals surface area contributed by atoms with E-state index in [2.05, 4.69) is 43.4 Å². The molecule has 2 amide bonds. The van der Waals surface area contributed by atoms with Crippen LogP contribution >= 0.6 is 0 Å². The number of allylic oxidation sites excluding steroid dienone is 1. The number of anilines is 1. The average molecular weight is 723 g/mol. The fourth-order valence-corrected chi connectivity index (χ4v) is 9.09. The van der Waals surface area contributed by atoms with Crippen LogP contribution in [0.3, 0.4) is 0 Å². The third kappa shape index (κ3) is 8.79. The summed E-state index contributed by atoms with van der Waals surface area (Å²) in [7, 11) is -1.66. The topological polar surface area (TPSA) is 115 Å². The summed E-state index contributed by atoms with van der Waals surface area (Å²) >= 11 is 5.55. The molecule has 1 unspecified atom stereocenters. The van der Waals surface area contributed by atoms with Gasteiger partial charge in [-0.3, -0.25) is 19.0 Å². The second-order valence-electron chi connectivity index (χ2n) is 13.5. The molecule has 0 saturated heterocycles. The highest BCUT2D eigenvalue weighted by Crippen LogP contribution is 2.42. The molecule has 1 aliphatic carbocycles. The van der Waals surface area contributed by atoms with Crippen molar-refractivity contribution in [2.45, 2.75) is 83.9 Å². The van der Waals surface area contributed by atoms with Crippen LogP contribution in [-0.2, 0) is 45.4 Å². The summed E-state index contributed by atoms with van der Waals surface area (Å²) in [6.07, 6.45) is 12.4. The highest BCUT2D eigenvalue weighted by molar-refractivity contribution is 7.92. The van der Waals surface area contributed by atoms with E-state index in [4.69, 9.17) is 21.1 Å². The third-order valence-corrected chi connectivity index (χ3v) is 12.2. The Balaban J connectivity index is 1.37. The zero-order valence-electron chi connectivity index (χ0n) is 29.1. The first-order chi connectivity index (χ1) is 24.2. The van der Waals surface area contributed by atoms with E-state index < -0.39 is 21.7 Å². The number of carbonyl (C=O) groups excluding carboxylic acids is 2. The normalized spacial score (nSPS) is 25.1. The van der Waals surface area contributed by atoms with E-state index in [0.29, 0.717) is 62.1 Å². The van der Waals surface area contributed by atoms with Crippen molar-refractivity contribution in [2.24, 2.45) is 16.2 Å². The minimum atomic E-state index is -3.42. The summed E-state index contributed by atoms with van der Waals surface area (Å²) in [5, 5.41) is 5.10. The van der Waals surface area contributed by atoms with Crippen molar-refractivity contribution < 1.29 is 34.9 Å². The highest BCUT2D eigenvalue weighted by atomic mass is 35.5. The molecule has 3 aromatic rings. The Hall–Kier alpha value is -3.67. The van der Waals surface area contributed by atoms with Gasteiger partial charge < -0.3 is 14.4 Å². The van der Waals surface area contributed by atoms with Gasteiger partial charge in [0.2, 0.25) is 10.9 Å². The molecular formula is C38H49ClN5O5S+. The molecule has 10 nitrogen and oxygen atoms in total. The number of aromatic nitrogens is 2. The van der Waals surface area contributed by atoms with Gasteiger partial charge in [-0.15, -0.1) is 4.36 Å². The number of aryl methyl sites for hydroxylation is 3. The maximum Gasteiger partial charge on any atom is 0.286 e. The molecule has 4 atom stereocenters. The van der Waals surface area contributed by atoms with Crippen molar-refractivity contribution in [1.29, 1.82) is 0 Å². The van der Waals surface area contributed by atoms with Gasteiger partial charge in [-0.25, -0.2) is 4.21 Å². The largest absolute Gasteiger partial charge is 0.491 e. The fourth-order valence-electron chi connectivity index (χ4n) is 7.26. The summed E-state index contributed by atoms with van der Waals surface area (Å²) in [6, 6.07) is 13.4. The van der Waals surface area contributed by atoms with Gasteiger partial charge in [-0.05, 0) is 106 Å². The first-order valence-electron chi connectivity index (χ1n) is 17.9. The number of hydrogen-bond acceptors (Lipinski definition) is 7. The quantitative estimate of drug-likeness (QED) is 0.311. The molecule has 1 saturated carbocycles. The number of fused-ring (bicyclic) bond motifs is 3. The lowest BCUT2D eigenvalue weighted by atomic mass is 9.70. The second kappa shape index (κ2) is 16.6. The van der Waals surface area contributed by atoms with E-state index in [9.17, 15) is 13.8 Å². The minimum Gasteiger partial charge on any atom is -0.491 e. The molecule has 268 valence electrons. The summed E-state index contributed by atoms with van der Waals surface area (Å²) in [5.74, 6) is 0.423. The SMILES string of the molecule is CCn1nccc1CCC(=O)NS1(=O)=NC(=O)c2ccc3c(c2)N(Cc2ccc([ClH+])cc2CCCCO3)C[C@@H]2CC[C@H]2[C@@H](OC)/C=C/CCC1. The van der Waals surface area contributed by atoms with Crippen LogP contribution in [0.15, 0.2) is 65.2 Å². The van der Waals surface area contributed by atoms with Crippen LogP contribution in [0.25, 0.3) is 0 Å². The fraction of sp³-hybridized carbons (Fsp3) is 0.500. The molecule has 0 spiro atoms. The first-order valence-corrected chi connectivity index (χ1v) is 19.9. The van der Waals surface area contributed by atoms with Gasteiger partial charge in [0.1, 0.15) is 15.7 Å². The van der Waals surface area contributed by atoms with Gasteiger partial charge in [0.25, 0.3) is 5.91 Å². The van der Waals surface area contributed by atoms with Crippen molar-refractivity contribution in [3.8, 4) is 5.75 Å². The zero-order valence-corrected chi connectivity index (χ0v) is 30.7. The van der Waals surface area contributed by atoms with Crippen LogP contribution in [-0.4, -0.2) is 57.9 Å². The molecule has 1 N–H and O–H groups in total. The van der Waals surface area contributed by atoms with Crippen molar-refractivity contribution in [3.63, 3.8) is 0 Å². The lowest BCUT2D eigenvalue weighted by Gasteiger charge is -2.43. The third-order valence-electron chi connectivity index (χ3n) is 10.1. The summed E-state index contributed by atoms with van der Waals surface area (Å²) in [5.41, 5.74) is 4.46. The maximum absolute atomic E-state index is 14.3. The van der Waals surface area contributed by atoms with Crippen molar-refractivity contribution in [3.05, 3.63) is 88.2 Å². The van der Waals surface area contributed by atoms with E-state index >= 15 is 0 Å². The van der Waals surface area contributed by atoms with Crippen molar-refractivity contribution in [2.75, 3.05) is 30.9 Å². The molecule has 2 aromatic carbocycles. The number of nitrogens with zero attached hydrogens (tertiary/aromatic N) is 4. The van der Waals surface area contributed by atoms with Gasteiger partial charge in [0, 0.05) is 62.8 Å². The van der Waals surface area contributed by atoms with Crippen molar-refractivity contribution in [1.82, 2.24) is 14.5 Å². The Morgan fingerprint density at radius 2 is 2.00 bits per heavy atom. The predicted octanol–water partition coefficient (Wildman–Crippen LogP) is 5.98. The molecule has 1 fully saturated rings. The van der Waals surface area contributed by atoms with Gasteiger partial charge in [-0.2, -0.15) is 5.10 Å². The molecule has 6 rings (SSSR count). The van der Waals surface area contributed by atoms with Gasteiger partial charge in [0.15, 0.2) is 11.6 Å². The molecule has 2 bridgehead atoms. The summed E-state index contributed by atoms with van der Waals surface area (Å²) in [4.78, 5) is 29.4. The van der Waals surface area contributed by atoms with Crippen molar-refractivity contribution >= 4 is 27.4 Å². The van der Waals surface area contributed by atoms with E-state index in [1.54, 1.807) is 19.4 Å². The van der Waals surface area contributed by atoms with Gasteiger partial charge >= 0.3 is 0 Å². The van der Waals surface area contributed by atoms with E-state index in [-0.39, 0.29) is 18.3 Å².